The van der Waals surface area contributed by atoms with Crippen molar-refractivity contribution in [3.8, 4) is 0 Å². The Morgan fingerprint density at radius 3 is 2.93 bits per heavy atom. The molecule has 84 valence electrons. The number of aryl methyl sites for hydroxylation is 1. The molecule has 4 heteroatoms. The summed E-state index contributed by atoms with van der Waals surface area (Å²) in [7, 11) is 0. The van der Waals surface area contributed by atoms with Crippen LogP contribution in [0.15, 0.2) is 12.5 Å². The monoisotopic (exact) mass is 208 g/mol. The largest absolute Gasteiger partial charge is 0.333 e. The summed E-state index contributed by atoms with van der Waals surface area (Å²) in [6.07, 6.45) is 5.11. The molecule has 0 unspecified atom stereocenters. The summed E-state index contributed by atoms with van der Waals surface area (Å²) in [5, 5.41) is 3.37. The topological polar surface area (TPSA) is 33.1 Å². The molecule has 1 aromatic heterocycles. The Labute approximate surface area is 91.3 Å². The van der Waals surface area contributed by atoms with Gasteiger partial charge in [0.05, 0.1) is 12.0 Å². The van der Waals surface area contributed by atoms with E-state index in [0.717, 1.165) is 39.3 Å². The Kier molecular flexibility index (Phi) is 3.75. The lowest BCUT2D eigenvalue weighted by molar-refractivity contribution is 0.227. The van der Waals surface area contributed by atoms with E-state index in [2.05, 4.69) is 26.7 Å². The van der Waals surface area contributed by atoms with Crippen molar-refractivity contribution in [1.29, 1.82) is 0 Å². The summed E-state index contributed by atoms with van der Waals surface area (Å²) >= 11 is 0. The summed E-state index contributed by atoms with van der Waals surface area (Å²) in [6, 6.07) is 0. The summed E-state index contributed by atoms with van der Waals surface area (Å²) in [5.41, 5.74) is 1.35. The second kappa shape index (κ2) is 5.28. The van der Waals surface area contributed by atoms with E-state index in [1.807, 2.05) is 12.5 Å². The third-order valence-electron chi connectivity index (χ3n) is 2.86. The van der Waals surface area contributed by atoms with Gasteiger partial charge in [-0.1, -0.05) is 6.92 Å². The zero-order chi connectivity index (χ0) is 10.5. The van der Waals surface area contributed by atoms with Crippen molar-refractivity contribution in [3.63, 3.8) is 0 Å². The molecule has 0 saturated carbocycles. The van der Waals surface area contributed by atoms with Crippen molar-refractivity contribution < 1.29 is 0 Å². The molecule has 0 radical (unpaired) electrons. The number of nitrogens with zero attached hydrogens (tertiary/aromatic N) is 3. The van der Waals surface area contributed by atoms with Crippen molar-refractivity contribution >= 4 is 0 Å². The van der Waals surface area contributed by atoms with Crippen LogP contribution in [0.25, 0.3) is 0 Å². The predicted molar refractivity (Wildman–Crippen MR) is 60.7 cm³/mol. The van der Waals surface area contributed by atoms with Crippen LogP contribution in [0, 0.1) is 0 Å². The lowest BCUT2D eigenvalue weighted by Gasteiger charge is -2.27. The van der Waals surface area contributed by atoms with E-state index >= 15 is 0 Å². The number of rotatable bonds is 4. The average Bonchev–Trinajstić information content (AvgIpc) is 2.68. The van der Waals surface area contributed by atoms with Crippen LogP contribution in [0.1, 0.15) is 19.0 Å². The Morgan fingerprint density at radius 1 is 1.40 bits per heavy atom. The number of aromatic nitrogens is 2. The first-order valence-electron chi connectivity index (χ1n) is 5.82. The maximum Gasteiger partial charge on any atom is 0.0948 e. The minimum Gasteiger partial charge on any atom is -0.333 e. The normalized spacial score (nSPS) is 18.2. The maximum absolute atomic E-state index is 4.23. The molecule has 0 aromatic carbocycles. The first kappa shape index (κ1) is 10.6. The number of hydrogen-bond acceptors (Lipinski definition) is 3. The zero-order valence-corrected chi connectivity index (χ0v) is 9.45. The highest BCUT2D eigenvalue weighted by molar-refractivity contribution is 4.98. The molecule has 15 heavy (non-hydrogen) atoms. The highest BCUT2D eigenvalue weighted by Gasteiger charge is 2.11. The molecule has 4 nitrogen and oxygen atoms in total. The number of piperazine rings is 1. The molecule has 1 aliphatic rings. The second-order valence-corrected chi connectivity index (χ2v) is 4.10. The Balaban J connectivity index is 1.93. The average molecular weight is 208 g/mol. The van der Waals surface area contributed by atoms with Crippen LogP contribution in [0.3, 0.4) is 0 Å². The van der Waals surface area contributed by atoms with Gasteiger partial charge in [0, 0.05) is 45.5 Å². The Bertz CT molecular complexity index is 289. The van der Waals surface area contributed by atoms with E-state index < -0.39 is 0 Å². The van der Waals surface area contributed by atoms with Gasteiger partial charge in [-0.3, -0.25) is 4.90 Å². The summed E-state index contributed by atoms with van der Waals surface area (Å²) in [4.78, 5) is 6.71. The van der Waals surface area contributed by atoms with E-state index in [1.54, 1.807) is 0 Å². The molecule has 2 heterocycles. The SMILES string of the molecule is CCCn1cncc1CN1CCNCC1. The van der Waals surface area contributed by atoms with Gasteiger partial charge in [-0.25, -0.2) is 4.98 Å². The standard InChI is InChI=1S/C11H20N4/c1-2-5-15-10-13-8-11(15)9-14-6-3-12-4-7-14/h8,10,12H,2-7,9H2,1H3. The van der Waals surface area contributed by atoms with Gasteiger partial charge in [0.1, 0.15) is 0 Å². The molecular formula is C11H20N4. The van der Waals surface area contributed by atoms with Crippen molar-refractivity contribution in [2.75, 3.05) is 26.2 Å². The van der Waals surface area contributed by atoms with Crippen molar-refractivity contribution in [3.05, 3.63) is 18.2 Å². The fraction of sp³-hybridized carbons (Fsp3) is 0.727. The maximum atomic E-state index is 4.23. The van der Waals surface area contributed by atoms with E-state index in [9.17, 15) is 0 Å². The Morgan fingerprint density at radius 2 is 2.20 bits per heavy atom. The van der Waals surface area contributed by atoms with Crippen LogP contribution in [0.5, 0.6) is 0 Å². The number of hydrogen-bond donors (Lipinski definition) is 1. The van der Waals surface area contributed by atoms with Gasteiger partial charge in [0.15, 0.2) is 0 Å². The molecular weight excluding hydrogens is 188 g/mol. The van der Waals surface area contributed by atoms with Gasteiger partial charge < -0.3 is 9.88 Å². The van der Waals surface area contributed by atoms with Crippen molar-refractivity contribution in [1.82, 2.24) is 19.8 Å². The summed E-state index contributed by atoms with van der Waals surface area (Å²) in [6.45, 7) is 8.86. The lowest BCUT2D eigenvalue weighted by atomic mass is 10.3. The van der Waals surface area contributed by atoms with Crippen LogP contribution in [-0.4, -0.2) is 40.6 Å². The first-order chi connectivity index (χ1) is 7.40. The fourth-order valence-electron chi connectivity index (χ4n) is 2.02. The molecule has 1 saturated heterocycles. The van der Waals surface area contributed by atoms with Crippen molar-refractivity contribution in [2.45, 2.75) is 26.4 Å². The van der Waals surface area contributed by atoms with Gasteiger partial charge in [0.25, 0.3) is 0 Å². The fourth-order valence-corrected chi connectivity index (χ4v) is 2.02. The van der Waals surface area contributed by atoms with Crippen molar-refractivity contribution in [2.24, 2.45) is 0 Å². The minimum atomic E-state index is 1.04. The van der Waals surface area contributed by atoms with Gasteiger partial charge in [-0.2, -0.15) is 0 Å². The number of nitrogens with one attached hydrogen (secondary N) is 1. The highest BCUT2D eigenvalue weighted by atomic mass is 15.2. The molecule has 0 atom stereocenters. The van der Waals surface area contributed by atoms with E-state index in [1.165, 1.54) is 12.1 Å². The van der Waals surface area contributed by atoms with Crippen LogP contribution < -0.4 is 5.32 Å². The molecule has 0 spiro atoms. The van der Waals surface area contributed by atoms with E-state index in [0.29, 0.717) is 0 Å². The van der Waals surface area contributed by atoms with E-state index in [-0.39, 0.29) is 0 Å². The predicted octanol–water partition coefficient (Wildman–Crippen LogP) is 0.698. The molecule has 2 rings (SSSR count). The van der Waals surface area contributed by atoms with Gasteiger partial charge in [0.2, 0.25) is 0 Å². The molecule has 0 amide bonds. The van der Waals surface area contributed by atoms with Gasteiger partial charge >= 0.3 is 0 Å². The van der Waals surface area contributed by atoms with Gasteiger partial charge in [-0.15, -0.1) is 0 Å². The molecule has 0 bridgehead atoms. The van der Waals surface area contributed by atoms with Crippen LogP contribution in [0.2, 0.25) is 0 Å². The second-order valence-electron chi connectivity index (χ2n) is 4.10. The van der Waals surface area contributed by atoms with Crippen LogP contribution >= 0.6 is 0 Å². The number of imidazole rings is 1. The first-order valence-corrected chi connectivity index (χ1v) is 5.82. The molecule has 0 aliphatic carbocycles. The smallest absolute Gasteiger partial charge is 0.0948 e. The summed E-state index contributed by atoms with van der Waals surface area (Å²) in [5.74, 6) is 0. The quantitative estimate of drug-likeness (QED) is 0.790. The minimum absolute atomic E-state index is 1.04. The summed E-state index contributed by atoms with van der Waals surface area (Å²) < 4.78 is 2.27. The molecule has 1 N–H and O–H groups in total. The van der Waals surface area contributed by atoms with E-state index in [4.69, 9.17) is 0 Å². The zero-order valence-electron chi connectivity index (χ0n) is 9.45. The van der Waals surface area contributed by atoms with Gasteiger partial charge in [-0.05, 0) is 6.42 Å². The molecule has 1 fully saturated rings. The molecule has 1 aliphatic heterocycles. The highest BCUT2D eigenvalue weighted by Crippen LogP contribution is 2.06. The molecule has 1 aromatic rings. The Hall–Kier alpha value is -0.870. The lowest BCUT2D eigenvalue weighted by Crippen LogP contribution is -2.43. The third-order valence-corrected chi connectivity index (χ3v) is 2.86. The van der Waals surface area contributed by atoms with Crippen LogP contribution in [0.4, 0.5) is 0 Å². The van der Waals surface area contributed by atoms with Crippen LogP contribution in [-0.2, 0) is 13.1 Å². The third kappa shape index (κ3) is 2.79.